The molecule has 0 saturated carbocycles. The van der Waals surface area contributed by atoms with Crippen molar-refractivity contribution in [1.29, 1.82) is 5.26 Å². The van der Waals surface area contributed by atoms with Gasteiger partial charge in [-0.1, -0.05) is 29.8 Å². The van der Waals surface area contributed by atoms with Gasteiger partial charge in [-0.2, -0.15) is 10.4 Å². The smallest absolute Gasteiger partial charge is 0.337 e. The zero-order chi connectivity index (χ0) is 32.3. The number of nitrogens with zero attached hydrogens (tertiary/aromatic N) is 2. The fraction of sp³-hybridized carbons (Fsp3) is 0.250. The molecule has 1 aliphatic rings. The molecule has 45 heavy (non-hydrogen) atoms. The first-order valence-corrected chi connectivity index (χ1v) is 14.2. The van der Waals surface area contributed by atoms with Crippen molar-refractivity contribution < 1.29 is 33.6 Å². The second-order valence-corrected chi connectivity index (χ2v) is 10.1. The molecule has 0 aromatic heterocycles. The van der Waals surface area contributed by atoms with Crippen LogP contribution in [0.15, 0.2) is 77.0 Å². The number of nitriles is 1. The molecule has 0 aliphatic carbocycles. The maximum atomic E-state index is 12.5. The molecule has 4 N–H and O–H groups in total. The van der Waals surface area contributed by atoms with Gasteiger partial charge < -0.3 is 34.7 Å². The molecule has 4 rings (SSSR count). The Balaban J connectivity index is 1.40. The Kier molecular flexibility index (Phi) is 11.2. The quantitative estimate of drug-likeness (QED) is 0.0929. The van der Waals surface area contributed by atoms with Gasteiger partial charge in [0.25, 0.3) is 0 Å². The van der Waals surface area contributed by atoms with Crippen LogP contribution in [0.4, 0.5) is 4.79 Å². The largest absolute Gasteiger partial charge is 0.490 e. The van der Waals surface area contributed by atoms with Crippen LogP contribution < -0.4 is 30.3 Å². The number of halogens is 1. The lowest BCUT2D eigenvalue weighted by Crippen LogP contribution is -2.45. The van der Waals surface area contributed by atoms with Crippen LogP contribution in [0.1, 0.15) is 42.1 Å². The molecule has 2 amide bonds. The Labute approximate surface area is 265 Å². The van der Waals surface area contributed by atoms with Crippen molar-refractivity contribution >= 4 is 29.8 Å². The number of aliphatic hydroxyl groups excluding tert-OH is 1. The molecule has 12 nitrogen and oxygen atoms in total. The highest BCUT2D eigenvalue weighted by atomic mass is 35.5. The summed E-state index contributed by atoms with van der Waals surface area (Å²) in [5.74, 6) is 0.621. The maximum absolute atomic E-state index is 12.5. The monoisotopic (exact) mass is 633 g/mol. The second kappa shape index (κ2) is 15.5. The number of allylic oxidation sites excluding steroid dienone is 1. The van der Waals surface area contributed by atoms with E-state index in [-0.39, 0.29) is 18.8 Å². The SMILES string of the molecule is CCOc1cc([C@@H]2NC(=O)NC(C)=C2C(=O)OC)ccc1OC[C@H](O)N/N=C/c1cc(Cl)ccc1OCc1ccc(C#N)cc1. The lowest BCUT2D eigenvalue weighted by molar-refractivity contribution is -0.136. The molecule has 13 heteroatoms. The van der Waals surface area contributed by atoms with Gasteiger partial charge in [-0.05, 0) is 67.4 Å². The predicted octanol–water partition coefficient (Wildman–Crippen LogP) is 4.31. The number of rotatable bonds is 13. The molecule has 0 fully saturated rings. The molecular formula is C32H32ClN5O7. The summed E-state index contributed by atoms with van der Waals surface area (Å²) < 4.78 is 22.4. The summed E-state index contributed by atoms with van der Waals surface area (Å²) in [4.78, 5) is 24.6. The van der Waals surface area contributed by atoms with Gasteiger partial charge in [0, 0.05) is 16.3 Å². The summed E-state index contributed by atoms with van der Waals surface area (Å²) in [5.41, 5.74) is 5.83. The number of benzene rings is 3. The second-order valence-electron chi connectivity index (χ2n) is 9.69. The van der Waals surface area contributed by atoms with E-state index in [9.17, 15) is 14.7 Å². The van der Waals surface area contributed by atoms with Gasteiger partial charge in [-0.3, -0.25) is 5.43 Å². The minimum atomic E-state index is -1.20. The summed E-state index contributed by atoms with van der Waals surface area (Å²) in [6, 6.07) is 17.9. The van der Waals surface area contributed by atoms with E-state index in [1.54, 1.807) is 62.4 Å². The number of ether oxygens (including phenoxy) is 4. The van der Waals surface area contributed by atoms with Crippen molar-refractivity contribution in [1.82, 2.24) is 16.1 Å². The van der Waals surface area contributed by atoms with E-state index in [4.69, 9.17) is 35.8 Å². The molecule has 3 aromatic carbocycles. The highest BCUT2D eigenvalue weighted by molar-refractivity contribution is 6.30. The van der Waals surface area contributed by atoms with Gasteiger partial charge in [0.2, 0.25) is 0 Å². The van der Waals surface area contributed by atoms with Gasteiger partial charge >= 0.3 is 12.0 Å². The van der Waals surface area contributed by atoms with Crippen molar-refractivity contribution in [3.05, 3.63) is 99.2 Å². The van der Waals surface area contributed by atoms with E-state index in [0.717, 1.165) is 5.56 Å². The third kappa shape index (κ3) is 8.66. The standard InChI is InChI=1S/C32H32ClN5O7/c1-4-43-27-14-22(30-29(31(40)42-3)19(2)36-32(41)37-30)9-11-26(27)45-18-28(39)38-35-16-23-13-24(33)10-12-25(23)44-17-21-7-5-20(15-34)6-8-21/h5-14,16,28,30,38-39H,4,17-18H2,1-3H3,(H2,36,37,41)/b35-16+/t28-,30-/m0/s1. The van der Waals surface area contributed by atoms with Crippen LogP contribution in [-0.4, -0.2) is 49.9 Å². The molecule has 2 atom stereocenters. The van der Waals surface area contributed by atoms with Gasteiger partial charge in [0.05, 0.1) is 43.2 Å². The zero-order valence-corrected chi connectivity index (χ0v) is 25.6. The van der Waals surface area contributed by atoms with Crippen LogP contribution in [0.3, 0.4) is 0 Å². The Bertz CT molecular complexity index is 1640. The third-order valence-corrected chi connectivity index (χ3v) is 6.78. The van der Waals surface area contributed by atoms with Crippen LogP contribution in [0, 0.1) is 11.3 Å². The molecule has 1 heterocycles. The normalized spacial score (nSPS) is 15.0. The highest BCUT2D eigenvalue weighted by Crippen LogP contribution is 2.35. The van der Waals surface area contributed by atoms with Crippen LogP contribution in [0.2, 0.25) is 5.02 Å². The van der Waals surface area contributed by atoms with Gasteiger partial charge in [0.1, 0.15) is 19.0 Å². The molecule has 0 saturated heterocycles. The molecule has 0 unspecified atom stereocenters. The predicted molar refractivity (Wildman–Crippen MR) is 166 cm³/mol. The van der Waals surface area contributed by atoms with E-state index in [0.29, 0.717) is 51.3 Å². The number of esters is 1. The summed E-state index contributed by atoms with van der Waals surface area (Å²) in [6.45, 7) is 3.81. The number of nitrogens with one attached hydrogen (secondary N) is 3. The first-order chi connectivity index (χ1) is 21.7. The third-order valence-electron chi connectivity index (χ3n) is 6.55. The van der Waals surface area contributed by atoms with Crippen molar-refractivity contribution in [3.8, 4) is 23.3 Å². The average molecular weight is 634 g/mol. The van der Waals surface area contributed by atoms with E-state index in [1.165, 1.54) is 13.3 Å². The minimum absolute atomic E-state index is 0.190. The molecular weight excluding hydrogens is 602 g/mol. The number of aliphatic hydroxyl groups is 1. The average Bonchev–Trinajstić information content (AvgIpc) is 3.03. The van der Waals surface area contributed by atoms with Crippen molar-refractivity contribution in [3.63, 3.8) is 0 Å². The van der Waals surface area contributed by atoms with Gasteiger partial charge in [0.15, 0.2) is 17.7 Å². The maximum Gasteiger partial charge on any atom is 0.337 e. The number of hydrogen-bond donors (Lipinski definition) is 4. The van der Waals surface area contributed by atoms with Gasteiger partial charge in [-0.15, -0.1) is 0 Å². The summed E-state index contributed by atoms with van der Waals surface area (Å²) in [6.07, 6.45) is 0.267. The summed E-state index contributed by atoms with van der Waals surface area (Å²) in [5, 5.41) is 29.4. The van der Waals surface area contributed by atoms with Crippen LogP contribution in [-0.2, 0) is 16.1 Å². The van der Waals surface area contributed by atoms with E-state index < -0.39 is 24.3 Å². The number of urea groups is 1. The van der Waals surface area contributed by atoms with Crippen LogP contribution in [0.25, 0.3) is 0 Å². The number of methoxy groups -OCH3 is 1. The number of amides is 2. The Morgan fingerprint density at radius 1 is 1.11 bits per heavy atom. The summed E-state index contributed by atoms with van der Waals surface area (Å²) in [7, 11) is 1.27. The molecule has 3 aromatic rings. The Morgan fingerprint density at radius 2 is 1.87 bits per heavy atom. The zero-order valence-electron chi connectivity index (χ0n) is 24.8. The van der Waals surface area contributed by atoms with E-state index >= 15 is 0 Å². The fourth-order valence-electron chi connectivity index (χ4n) is 4.40. The first-order valence-electron chi connectivity index (χ1n) is 13.9. The number of hydrogen-bond acceptors (Lipinski definition) is 10. The molecule has 0 spiro atoms. The van der Waals surface area contributed by atoms with E-state index in [1.807, 2.05) is 12.1 Å². The molecule has 1 aliphatic heterocycles. The first kappa shape index (κ1) is 32.7. The minimum Gasteiger partial charge on any atom is -0.490 e. The lowest BCUT2D eigenvalue weighted by Gasteiger charge is -2.28. The Morgan fingerprint density at radius 3 is 2.58 bits per heavy atom. The highest BCUT2D eigenvalue weighted by Gasteiger charge is 2.32. The van der Waals surface area contributed by atoms with Crippen LogP contribution in [0.5, 0.6) is 17.2 Å². The topological polar surface area (TPSA) is 164 Å². The molecule has 0 radical (unpaired) electrons. The number of carbonyl (C=O) groups excluding carboxylic acids is 2. The van der Waals surface area contributed by atoms with Crippen molar-refractivity contribution in [2.45, 2.75) is 32.7 Å². The van der Waals surface area contributed by atoms with Crippen molar-refractivity contribution in [2.24, 2.45) is 5.10 Å². The van der Waals surface area contributed by atoms with E-state index in [2.05, 4.69) is 27.2 Å². The van der Waals surface area contributed by atoms with Crippen LogP contribution >= 0.6 is 11.6 Å². The molecule has 234 valence electrons. The summed E-state index contributed by atoms with van der Waals surface area (Å²) >= 11 is 6.17. The lowest BCUT2D eigenvalue weighted by atomic mass is 9.95. The molecule has 0 bridgehead atoms. The number of carbonyl (C=O) groups is 2. The van der Waals surface area contributed by atoms with Gasteiger partial charge in [-0.25, -0.2) is 9.59 Å². The Hall–Kier alpha value is -5.25. The number of hydrazone groups is 1. The fourth-order valence-corrected chi connectivity index (χ4v) is 4.58. The van der Waals surface area contributed by atoms with Crippen molar-refractivity contribution in [2.75, 3.05) is 20.3 Å².